The minimum Gasteiger partial charge on any atom is -0.491 e. The van der Waals surface area contributed by atoms with Crippen molar-refractivity contribution in [2.24, 2.45) is 0 Å². The molecule has 5 heteroatoms. The average molecular weight is 288 g/mol. The molecule has 0 aromatic heterocycles. The minimum absolute atomic E-state index is 0.262. The van der Waals surface area contributed by atoms with E-state index in [2.05, 4.69) is 5.32 Å². The van der Waals surface area contributed by atoms with Crippen LogP contribution >= 0.6 is 11.6 Å². The topological polar surface area (TPSA) is 50.7 Å². The van der Waals surface area contributed by atoms with Crippen LogP contribution in [-0.4, -0.2) is 44.6 Å². The van der Waals surface area contributed by atoms with E-state index in [9.17, 15) is 5.11 Å². The summed E-state index contributed by atoms with van der Waals surface area (Å²) in [5, 5.41) is 13.6. The van der Waals surface area contributed by atoms with Gasteiger partial charge in [0, 0.05) is 25.3 Å². The molecule has 1 rings (SSSR count). The zero-order valence-corrected chi connectivity index (χ0v) is 12.2. The second kappa shape index (κ2) is 9.15. The van der Waals surface area contributed by atoms with E-state index in [-0.39, 0.29) is 6.61 Å². The molecule has 0 spiro atoms. The van der Waals surface area contributed by atoms with Gasteiger partial charge in [0.1, 0.15) is 18.5 Å². The van der Waals surface area contributed by atoms with Crippen molar-refractivity contribution in [1.29, 1.82) is 0 Å². The van der Waals surface area contributed by atoms with Crippen molar-refractivity contribution in [1.82, 2.24) is 5.32 Å². The molecule has 0 radical (unpaired) electrons. The Morgan fingerprint density at radius 2 is 2.21 bits per heavy atom. The summed E-state index contributed by atoms with van der Waals surface area (Å²) in [4.78, 5) is 0. The highest BCUT2D eigenvalue weighted by Gasteiger charge is 2.05. The zero-order chi connectivity index (χ0) is 14.1. The third kappa shape index (κ3) is 6.78. The van der Waals surface area contributed by atoms with Gasteiger partial charge in [0.15, 0.2) is 0 Å². The number of halogens is 1. The summed E-state index contributed by atoms with van der Waals surface area (Å²) < 4.78 is 10.4. The van der Waals surface area contributed by atoms with Crippen LogP contribution in [0.2, 0.25) is 5.02 Å². The summed E-state index contributed by atoms with van der Waals surface area (Å²) in [5.74, 6) is 0.723. The van der Waals surface area contributed by atoms with Gasteiger partial charge >= 0.3 is 0 Å². The van der Waals surface area contributed by atoms with Crippen LogP contribution in [0.15, 0.2) is 18.2 Å². The Labute approximate surface area is 119 Å². The molecule has 1 unspecified atom stereocenters. The Morgan fingerprint density at radius 3 is 2.89 bits per heavy atom. The van der Waals surface area contributed by atoms with Crippen molar-refractivity contribution in [2.75, 3.05) is 33.4 Å². The van der Waals surface area contributed by atoms with Gasteiger partial charge in [0.2, 0.25) is 0 Å². The van der Waals surface area contributed by atoms with Crippen LogP contribution < -0.4 is 10.1 Å². The Kier molecular flexibility index (Phi) is 7.82. The molecule has 1 aromatic rings. The highest BCUT2D eigenvalue weighted by atomic mass is 35.5. The number of ether oxygens (including phenoxy) is 2. The van der Waals surface area contributed by atoms with Crippen molar-refractivity contribution in [2.45, 2.75) is 19.4 Å². The fourth-order valence-corrected chi connectivity index (χ4v) is 1.69. The summed E-state index contributed by atoms with van der Waals surface area (Å²) >= 11 is 5.93. The first-order valence-electron chi connectivity index (χ1n) is 6.40. The van der Waals surface area contributed by atoms with Gasteiger partial charge in [-0.2, -0.15) is 0 Å². The smallest absolute Gasteiger partial charge is 0.119 e. The Bertz CT molecular complexity index is 374. The van der Waals surface area contributed by atoms with Gasteiger partial charge in [-0.25, -0.2) is 0 Å². The van der Waals surface area contributed by atoms with Crippen molar-refractivity contribution >= 4 is 11.6 Å². The Balaban J connectivity index is 2.18. The first kappa shape index (κ1) is 16.2. The molecule has 0 fully saturated rings. The SMILES string of the molecule is COCCCNCC(O)COc1ccc(Cl)c(C)c1. The van der Waals surface area contributed by atoms with Gasteiger partial charge in [0.05, 0.1) is 0 Å². The molecule has 0 saturated heterocycles. The lowest BCUT2D eigenvalue weighted by molar-refractivity contribution is 0.105. The third-order valence-corrected chi connectivity index (χ3v) is 3.08. The maximum atomic E-state index is 9.75. The van der Waals surface area contributed by atoms with Gasteiger partial charge in [-0.15, -0.1) is 0 Å². The van der Waals surface area contributed by atoms with E-state index in [0.717, 1.165) is 30.9 Å². The van der Waals surface area contributed by atoms with Crippen LogP contribution in [-0.2, 0) is 4.74 Å². The highest BCUT2D eigenvalue weighted by molar-refractivity contribution is 6.31. The monoisotopic (exact) mass is 287 g/mol. The quantitative estimate of drug-likeness (QED) is 0.682. The molecule has 0 aliphatic carbocycles. The molecular formula is C14H22ClNO3. The number of nitrogens with one attached hydrogen (secondary N) is 1. The molecule has 4 nitrogen and oxygen atoms in total. The maximum Gasteiger partial charge on any atom is 0.119 e. The van der Waals surface area contributed by atoms with Crippen molar-refractivity contribution in [3.63, 3.8) is 0 Å². The maximum absolute atomic E-state index is 9.75. The summed E-state index contributed by atoms with van der Waals surface area (Å²) in [7, 11) is 1.68. The van der Waals surface area contributed by atoms with Gasteiger partial charge in [-0.05, 0) is 43.7 Å². The molecule has 2 N–H and O–H groups in total. The van der Waals surface area contributed by atoms with Crippen LogP contribution in [0.5, 0.6) is 5.75 Å². The van der Waals surface area contributed by atoms with Gasteiger partial charge < -0.3 is 19.9 Å². The average Bonchev–Trinajstić information content (AvgIpc) is 2.40. The number of aryl methyl sites for hydroxylation is 1. The van der Waals surface area contributed by atoms with E-state index in [1.54, 1.807) is 19.2 Å². The molecule has 1 aromatic carbocycles. The number of benzene rings is 1. The first-order valence-corrected chi connectivity index (χ1v) is 6.78. The van der Waals surface area contributed by atoms with E-state index in [4.69, 9.17) is 21.1 Å². The van der Waals surface area contributed by atoms with Crippen LogP contribution in [0.4, 0.5) is 0 Å². The van der Waals surface area contributed by atoms with Gasteiger partial charge in [-0.1, -0.05) is 11.6 Å². The molecule has 0 aliphatic rings. The van der Waals surface area contributed by atoms with Crippen LogP contribution in [0.3, 0.4) is 0 Å². The van der Waals surface area contributed by atoms with Crippen LogP contribution in [0.25, 0.3) is 0 Å². The fourth-order valence-electron chi connectivity index (χ4n) is 1.57. The van der Waals surface area contributed by atoms with Crippen molar-refractivity contribution in [3.05, 3.63) is 28.8 Å². The van der Waals surface area contributed by atoms with Crippen molar-refractivity contribution in [3.8, 4) is 5.75 Å². The van der Waals surface area contributed by atoms with E-state index in [0.29, 0.717) is 11.6 Å². The molecule has 1 atom stereocenters. The minimum atomic E-state index is -0.529. The zero-order valence-electron chi connectivity index (χ0n) is 11.5. The van der Waals surface area contributed by atoms with E-state index in [1.165, 1.54) is 0 Å². The lowest BCUT2D eigenvalue weighted by atomic mass is 10.2. The number of rotatable bonds is 9. The summed E-state index contributed by atoms with van der Waals surface area (Å²) in [6, 6.07) is 5.46. The van der Waals surface area contributed by atoms with E-state index >= 15 is 0 Å². The predicted molar refractivity (Wildman–Crippen MR) is 77.1 cm³/mol. The number of aliphatic hydroxyl groups is 1. The largest absolute Gasteiger partial charge is 0.491 e. The number of methoxy groups -OCH3 is 1. The molecule has 0 heterocycles. The molecule has 19 heavy (non-hydrogen) atoms. The molecule has 0 saturated carbocycles. The van der Waals surface area contributed by atoms with E-state index < -0.39 is 6.10 Å². The molecule has 0 bridgehead atoms. The van der Waals surface area contributed by atoms with Crippen LogP contribution in [0, 0.1) is 6.92 Å². The Hall–Kier alpha value is -0.810. The normalized spacial score (nSPS) is 12.4. The van der Waals surface area contributed by atoms with Gasteiger partial charge in [0.25, 0.3) is 0 Å². The summed E-state index contributed by atoms with van der Waals surface area (Å²) in [6.45, 7) is 4.24. The van der Waals surface area contributed by atoms with Crippen molar-refractivity contribution < 1.29 is 14.6 Å². The molecule has 0 amide bonds. The van der Waals surface area contributed by atoms with Gasteiger partial charge in [-0.3, -0.25) is 0 Å². The lowest BCUT2D eigenvalue weighted by Crippen LogP contribution is -2.32. The predicted octanol–water partition coefficient (Wildman–Crippen LogP) is 2.01. The Morgan fingerprint density at radius 1 is 1.42 bits per heavy atom. The number of hydrogen-bond acceptors (Lipinski definition) is 4. The summed E-state index contributed by atoms with van der Waals surface area (Å²) in [5.41, 5.74) is 0.964. The van der Waals surface area contributed by atoms with Crippen LogP contribution in [0.1, 0.15) is 12.0 Å². The van der Waals surface area contributed by atoms with E-state index in [1.807, 2.05) is 13.0 Å². The lowest BCUT2D eigenvalue weighted by Gasteiger charge is -2.13. The molecule has 108 valence electrons. The molecular weight excluding hydrogens is 266 g/mol. The summed E-state index contributed by atoms with van der Waals surface area (Å²) in [6.07, 6.45) is 0.402. The number of aliphatic hydroxyl groups excluding tert-OH is 1. The third-order valence-electron chi connectivity index (χ3n) is 2.65. The highest BCUT2D eigenvalue weighted by Crippen LogP contribution is 2.20. The second-order valence-electron chi connectivity index (χ2n) is 4.43. The first-order chi connectivity index (χ1) is 9.13. The standard InChI is InChI=1S/C14H22ClNO3/c1-11-8-13(4-5-14(11)15)19-10-12(17)9-16-6-3-7-18-2/h4-5,8,12,16-17H,3,6-7,9-10H2,1-2H3. The molecule has 0 aliphatic heterocycles. The number of hydrogen-bond donors (Lipinski definition) is 2. The second-order valence-corrected chi connectivity index (χ2v) is 4.83. The fraction of sp³-hybridized carbons (Fsp3) is 0.571.